The molecule has 0 amide bonds. The third-order valence-corrected chi connectivity index (χ3v) is 3.91. The van der Waals surface area contributed by atoms with Crippen LogP contribution in [0.2, 0.25) is 0 Å². The molecule has 1 saturated heterocycles. The predicted octanol–water partition coefficient (Wildman–Crippen LogP) is 2.59. The molecular weight excluding hydrogens is 222 g/mol. The molecular formula is C15H35N3. The first-order valence-corrected chi connectivity index (χ1v) is 7.92. The fraction of sp³-hybridized carbons (Fsp3) is 1.00. The average molecular weight is 257 g/mol. The third kappa shape index (κ3) is 6.72. The Labute approximate surface area is 114 Å². The first kappa shape index (κ1) is 17.9. The van der Waals surface area contributed by atoms with E-state index in [4.69, 9.17) is 5.73 Å². The van der Waals surface area contributed by atoms with Crippen LogP contribution in [0.25, 0.3) is 0 Å². The van der Waals surface area contributed by atoms with Gasteiger partial charge in [-0.25, -0.2) is 0 Å². The molecule has 1 saturated carbocycles. The number of rotatable bonds is 2. The van der Waals surface area contributed by atoms with Crippen LogP contribution < -0.4 is 11.5 Å². The zero-order valence-electron chi connectivity index (χ0n) is 12.8. The highest BCUT2D eigenvalue weighted by Crippen LogP contribution is 2.24. The lowest BCUT2D eigenvalue weighted by molar-refractivity contribution is 0.161. The average Bonchev–Trinajstić information content (AvgIpc) is 2.47. The largest absolute Gasteiger partial charge is 0.333 e. The van der Waals surface area contributed by atoms with Crippen molar-refractivity contribution in [1.82, 2.24) is 4.90 Å². The smallest absolute Gasteiger partial charge is 0.00793 e. The summed E-state index contributed by atoms with van der Waals surface area (Å²) in [4.78, 5) is 2.64. The van der Waals surface area contributed by atoms with Crippen LogP contribution in [0.3, 0.4) is 0 Å². The van der Waals surface area contributed by atoms with E-state index in [9.17, 15) is 0 Å². The van der Waals surface area contributed by atoms with Gasteiger partial charge in [0.2, 0.25) is 0 Å². The zero-order chi connectivity index (χ0) is 13.8. The zero-order valence-corrected chi connectivity index (χ0v) is 12.8. The fourth-order valence-corrected chi connectivity index (χ4v) is 2.94. The molecule has 3 heteroatoms. The van der Waals surface area contributed by atoms with Crippen molar-refractivity contribution in [3.63, 3.8) is 0 Å². The van der Waals surface area contributed by atoms with Gasteiger partial charge in [-0.15, -0.1) is 0 Å². The van der Waals surface area contributed by atoms with E-state index in [-0.39, 0.29) is 0 Å². The monoisotopic (exact) mass is 257 g/mol. The molecule has 4 N–H and O–H groups in total. The van der Waals surface area contributed by atoms with E-state index < -0.39 is 0 Å². The van der Waals surface area contributed by atoms with Crippen molar-refractivity contribution in [2.24, 2.45) is 17.4 Å². The van der Waals surface area contributed by atoms with Gasteiger partial charge in [0, 0.05) is 12.6 Å². The lowest BCUT2D eigenvalue weighted by Gasteiger charge is -2.35. The van der Waals surface area contributed by atoms with E-state index in [1.807, 2.05) is 13.8 Å². The van der Waals surface area contributed by atoms with Crippen LogP contribution >= 0.6 is 0 Å². The minimum absolute atomic E-state index is 0.491. The first-order valence-electron chi connectivity index (χ1n) is 7.92. The van der Waals surface area contributed by atoms with E-state index >= 15 is 0 Å². The van der Waals surface area contributed by atoms with Crippen molar-refractivity contribution in [2.45, 2.75) is 64.8 Å². The van der Waals surface area contributed by atoms with Crippen LogP contribution in [0, 0.1) is 5.92 Å². The van der Waals surface area contributed by atoms with Crippen LogP contribution in [0.4, 0.5) is 0 Å². The summed E-state index contributed by atoms with van der Waals surface area (Å²) in [7, 11) is 1.50. The normalized spacial score (nSPS) is 28.5. The Morgan fingerprint density at radius 2 is 1.44 bits per heavy atom. The Kier molecular flexibility index (Phi) is 11.9. The molecule has 1 heterocycles. The molecule has 2 rings (SSSR count). The highest BCUT2D eigenvalue weighted by molar-refractivity contribution is 4.81. The molecule has 0 bridgehead atoms. The van der Waals surface area contributed by atoms with Crippen LogP contribution in [-0.2, 0) is 0 Å². The summed E-state index contributed by atoms with van der Waals surface area (Å²) in [5.74, 6) is 0.793. The van der Waals surface area contributed by atoms with Gasteiger partial charge in [0.15, 0.2) is 0 Å². The second-order valence-electron chi connectivity index (χ2n) is 5.07. The SMILES string of the molecule is CC.CN.NC1CCCC[C@H]1CN1CCCCC1. The molecule has 0 radical (unpaired) electrons. The summed E-state index contributed by atoms with van der Waals surface area (Å²) < 4.78 is 0. The lowest BCUT2D eigenvalue weighted by atomic mass is 9.84. The lowest BCUT2D eigenvalue weighted by Crippen LogP contribution is -2.42. The van der Waals surface area contributed by atoms with Gasteiger partial charge in [-0.1, -0.05) is 33.1 Å². The van der Waals surface area contributed by atoms with Crippen molar-refractivity contribution in [3.05, 3.63) is 0 Å². The highest BCUT2D eigenvalue weighted by atomic mass is 15.1. The summed E-state index contributed by atoms with van der Waals surface area (Å²) in [5.41, 5.74) is 10.7. The van der Waals surface area contributed by atoms with Gasteiger partial charge in [-0.05, 0) is 51.7 Å². The van der Waals surface area contributed by atoms with Crippen LogP contribution in [0.1, 0.15) is 58.8 Å². The van der Waals surface area contributed by atoms with Crippen molar-refractivity contribution < 1.29 is 0 Å². The Hall–Kier alpha value is -0.120. The second kappa shape index (κ2) is 11.9. The number of hydrogen-bond donors (Lipinski definition) is 2. The van der Waals surface area contributed by atoms with Gasteiger partial charge in [-0.3, -0.25) is 0 Å². The van der Waals surface area contributed by atoms with E-state index in [1.165, 1.54) is 71.6 Å². The number of nitrogens with two attached hydrogens (primary N) is 2. The minimum atomic E-state index is 0.491. The predicted molar refractivity (Wildman–Crippen MR) is 81.7 cm³/mol. The Bertz CT molecular complexity index is 167. The van der Waals surface area contributed by atoms with Crippen LogP contribution in [0.5, 0.6) is 0 Å². The number of nitrogens with zero attached hydrogens (tertiary/aromatic N) is 1. The Morgan fingerprint density at radius 3 is 2.00 bits per heavy atom. The maximum absolute atomic E-state index is 6.17. The Balaban J connectivity index is 0.000000659. The van der Waals surface area contributed by atoms with Crippen molar-refractivity contribution >= 4 is 0 Å². The molecule has 2 aliphatic rings. The Morgan fingerprint density at radius 1 is 0.889 bits per heavy atom. The molecule has 1 aliphatic carbocycles. The molecule has 3 nitrogen and oxygen atoms in total. The van der Waals surface area contributed by atoms with Gasteiger partial charge >= 0.3 is 0 Å². The molecule has 1 aliphatic heterocycles. The molecule has 18 heavy (non-hydrogen) atoms. The molecule has 2 atom stereocenters. The van der Waals surface area contributed by atoms with Gasteiger partial charge in [0.1, 0.15) is 0 Å². The summed E-state index contributed by atoms with van der Waals surface area (Å²) in [6.07, 6.45) is 9.65. The molecule has 110 valence electrons. The first-order chi connectivity index (χ1) is 8.86. The molecule has 0 spiro atoms. The highest BCUT2D eigenvalue weighted by Gasteiger charge is 2.24. The third-order valence-electron chi connectivity index (χ3n) is 3.91. The van der Waals surface area contributed by atoms with Crippen molar-refractivity contribution in [2.75, 3.05) is 26.7 Å². The molecule has 0 aromatic heterocycles. The number of likely N-dealkylation sites (tertiary alicyclic amines) is 1. The molecule has 1 unspecified atom stereocenters. The minimum Gasteiger partial charge on any atom is -0.333 e. The van der Waals surface area contributed by atoms with E-state index in [2.05, 4.69) is 10.6 Å². The number of hydrogen-bond acceptors (Lipinski definition) is 3. The van der Waals surface area contributed by atoms with Crippen LogP contribution in [-0.4, -0.2) is 37.6 Å². The van der Waals surface area contributed by atoms with Crippen molar-refractivity contribution in [3.8, 4) is 0 Å². The van der Waals surface area contributed by atoms with Crippen molar-refractivity contribution in [1.29, 1.82) is 0 Å². The van der Waals surface area contributed by atoms with Crippen LogP contribution in [0.15, 0.2) is 0 Å². The maximum atomic E-state index is 6.17. The summed E-state index contributed by atoms with van der Waals surface area (Å²) in [6, 6.07) is 0.491. The summed E-state index contributed by atoms with van der Waals surface area (Å²) in [6.45, 7) is 7.92. The number of piperidine rings is 1. The van der Waals surface area contributed by atoms with Gasteiger partial charge < -0.3 is 16.4 Å². The van der Waals surface area contributed by atoms with E-state index in [0.29, 0.717) is 6.04 Å². The molecule has 0 aromatic rings. The van der Waals surface area contributed by atoms with E-state index in [1.54, 1.807) is 0 Å². The molecule has 0 aromatic carbocycles. The van der Waals surface area contributed by atoms with Gasteiger partial charge in [-0.2, -0.15) is 0 Å². The topological polar surface area (TPSA) is 55.3 Å². The van der Waals surface area contributed by atoms with E-state index in [0.717, 1.165) is 5.92 Å². The standard InChI is InChI=1S/C12H24N2.C2H6.CH5N/c13-12-7-3-2-6-11(12)10-14-8-4-1-5-9-14;2*1-2/h11-12H,1-10,13H2;1-2H3;2H2,1H3/t11-,12?;;/m0../s1. The van der Waals surface area contributed by atoms with Gasteiger partial charge in [0.05, 0.1) is 0 Å². The fourth-order valence-electron chi connectivity index (χ4n) is 2.94. The summed E-state index contributed by atoms with van der Waals surface area (Å²) >= 11 is 0. The quantitative estimate of drug-likeness (QED) is 0.799. The maximum Gasteiger partial charge on any atom is 0.00793 e. The summed E-state index contributed by atoms with van der Waals surface area (Å²) in [5, 5.41) is 0. The van der Waals surface area contributed by atoms with Gasteiger partial charge in [0.25, 0.3) is 0 Å². The second-order valence-corrected chi connectivity index (χ2v) is 5.07. The molecule has 2 fully saturated rings.